The van der Waals surface area contributed by atoms with Crippen molar-refractivity contribution in [2.45, 2.75) is 6.92 Å². The van der Waals surface area contributed by atoms with Gasteiger partial charge in [0, 0.05) is 29.2 Å². The molecule has 3 aromatic heterocycles. The van der Waals surface area contributed by atoms with Crippen LogP contribution >= 0.6 is 11.3 Å². The van der Waals surface area contributed by atoms with Crippen molar-refractivity contribution in [3.8, 4) is 11.4 Å². The Morgan fingerprint density at radius 3 is 2.58 bits per heavy atom. The molecule has 0 unspecified atom stereocenters. The van der Waals surface area contributed by atoms with Crippen LogP contribution in [0.15, 0.2) is 77.9 Å². The fourth-order valence-corrected chi connectivity index (χ4v) is 5.14. The van der Waals surface area contributed by atoms with Gasteiger partial charge in [0.15, 0.2) is 5.82 Å². The van der Waals surface area contributed by atoms with Crippen molar-refractivity contribution in [1.29, 1.82) is 0 Å². The molecule has 0 aliphatic carbocycles. The molecular weight excluding hydrogens is 476 g/mol. The van der Waals surface area contributed by atoms with Gasteiger partial charge in [-0.05, 0) is 37.3 Å². The van der Waals surface area contributed by atoms with Gasteiger partial charge in [0.25, 0.3) is 11.5 Å². The maximum absolute atomic E-state index is 13.6. The average molecular weight is 495 g/mol. The molecular formula is C26H18N6O3S. The number of hydrogen-bond acceptors (Lipinski definition) is 7. The molecule has 1 N–H and O–H groups in total. The molecule has 0 bridgehead atoms. The zero-order valence-corrected chi connectivity index (χ0v) is 19.8. The van der Waals surface area contributed by atoms with E-state index in [1.807, 2.05) is 37.3 Å². The predicted molar refractivity (Wildman–Crippen MR) is 137 cm³/mol. The Morgan fingerprint density at radius 1 is 1.03 bits per heavy atom. The van der Waals surface area contributed by atoms with Crippen LogP contribution in [0.2, 0.25) is 0 Å². The molecule has 0 saturated heterocycles. The van der Waals surface area contributed by atoms with Gasteiger partial charge in [0.05, 0.1) is 11.3 Å². The molecule has 10 heteroatoms. The first-order valence-corrected chi connectivity index (χ1v) is 11.9. The van der Waals surface area contributed by atoms with Crippen LogP contribution in [0.4, 0.5) is 11.4 Å². The lowest BCUT2D eigenvalue weighted by Gasteiger charge is -2.16. The average Bonchev–Trinajstić information content (AvgIpc) is 3.52. The van der Waals surface area contributed by atoms with Crippen LogP contribution in [0.1, 0.15) is 11.1 Å². The van der Waals surface area contributed by atoms with E-state index >= 15 is 0 Å². The molecule has 0 atom stereocenters. The highest BCUT2D eigenvalue weighted by molar-refractivity contribution is 7.15. The topological polar surface area (TPSA) is 110 Å². The Kier molecular flexibility index (Phi) is 5.15. The number of fused-ring (bicyclic) bond motifs is 2. The highest BCUT2D eigenvalue weighted by Gasteiger charge is 2.35. The second kappa shape index (κ2) is 8.51. The first kappa shape index (κ1) is 21.8. The predicted octanol–water partition coefficient (Wildman–Crippen LogP) is 2.42. The van der Waals surface area contributed by atoms with E-state index in [0.717, 1.165) is 16.9 Å². The van der Waals surface area contributed by atoms with Crippen molar-refractivity contribution in [2.75, 3.05) is 16.8 Å². The molecule has 176 valence electrons. The molecule has 9 nitrogen and oxygen atoms in total. The Morgan fingerprint density at radius 2 is 1.83 bits per heavy atom. The first-order valence-electron chi connectivity index (χ1n) is 11.1. The molecule has 5 aromatic rings. The third-order valence-corrected chi connectivity index (χ3v) is 6.89. The summed E-state index contributed by atoms with van der Waals surface area (Å²) in [5.74, 6) is -0.366. The van der Waals surface area contributed by atoms with Crippen LogP contribution in [-0.4, -0.2) is 37.9 Å². The van der Waals surface area contributed by atoms with E-state index in [4.69, 9.17) is 0 Å². The van der Waals surface area contributed by atoms with Crippen LogP contribution in [0, 0.1) is 6.92 Å². The van der Waals surface area contributed by atoms with E-state index in [-0.39, 0.29) is 22.6 Å². The van der Waals surface area contributed by atoms with E-state index in [1.54, 1.807) is 42.7 Å². The second-order valence-electron chi connectivity index (χ2n) is 8.31. The maximum atomic E-state index is 13.6. The van der Waals surface area contributed by atoms with Gasteiger partial charge >= 0.3 is 0 Å². The number of carbonyl (C=O) groups excluding carboxylic acids is 2. The van der Waals surface area contributed by atoms with Crippen LogP contribution in [0.25, 0.3) is 21.9 Å². The third-order valence-electron chi connectivity index (χ3n) is 5.86. The summed E-state index contributed by atoms with van der Waals surface area (Å²) in [7, 11) is 0. The summed E-state index contributed by atoms with van der Waals surface area (Å²) >= 11 is 1.10. The fraction of sp³-hybridized carbons (Fsp3) is 0.0769. The standard InChI is InChI=1S/C26H18N6O3S/c1-15-8-10-17(11-9-15)28-20(33)14-31-19-7-3-2-6-18(19)21(24(31)34)22-25(35)32-26(36-22)29-23(30-32)16-5-4-12-27-13-16/h2-13H,14H2,1H3,(H,28,33). The number of para-hydroxylation sites is 1. The fourth-order valence-electron chi connectivity index (χ4n) is 4.14. The first-order chi connectivity index (χ1) is 17.5. The summed E-state index contributed by atoms with van der Waals surface area (Å²) in [6, 6.07) is 18.1. The molecule has 2 aromatic carbocycles. The Bertz CT molecular complexity index is 1760. The monoisotopic (exact) mass is 494 g/mol. The lowest BCUT2D eigenvalue weighted by Crippen LogP contribution is -2.37. The number of aromatic nitrogens is 4. The molecule has 0 fully saturated rings. The van der Waals surface area contributed by atoms with Crippen molar-refractivity contribution in [3.05, 3.63) is 99.1 Å². The number of aryl methyl sites for hydroxylation is 1. The van der Waals surface area contributed by atoms with E-state index in [1.165, 1.54) is 9.42 Å². The SMILES string of the molecule is Cc1ccc(NC(=O)CN2C(=O)C(=c3sc4nc(-c5cccnc5)nn4c3=O)c3ccccc32)cc1. The van der Waals surface area contributed by atoms with Crippen LogP contribution in [-0.2, 0) is 9.59 Å². The number of nitrogens with one attached hydrogen (secondary N) is 1. The van der Waals surface area contributed by atoms with Gasteiger partial charge in [-0.1, -0.05) is 47.2 Å². The van der Waals surface area contributed by atoms with Crippen LogP contribution < -0.4 is 20.3 Å². The van der Waals surface area contributed by atoms with Crippen LogP contribution in [0.3, 0.4) is 0 Å². The quantitative estimate of drug-likeness (QED) is 0.411. The van der Waals surface area contributed by atoms with Gasteiger partial charge in [0.1, 0.15) is 11.1 Å². The lowest BCUT2D eigenvalue weighted by molar-refractivity contribution is -0.118. The Balaban J connectivity index is 1.39. The van der Waals surface area contributed by atoms with Gasteiger partial charge in [-0.15, -0.1) is 5.10 Å². The zero-order valence-electron chi connectivity index (χ0n) is 19.0. The summed E-state index contributed by atoms with van der Waals surface area (Å²) in [6.07, 6.45) is 3.27. The van der Waals surface area contributed by atoms with E-state index in [9.17, 15) is 14.4 Å². The summed E-state index contributed by atoms with van der Waals surface area (Å²) in [4.78, 5) is 49.9. The van der Waals surface area contributed by atoms with Gasteiger partial charge < -0.3 is 5.32 Å². The molecule has 1 aliphatic rings. The minimum Gasteiger partial charge on any atom is -0.325 e. The molecule has 2 amide bonds. The maximum Gasteiger partial charge on any atom is 0.291 e. The summed E-state index contributed by atoms with van der Waals surface area (Å²) in [6.45, 7) is 1.78. The molecule has 0 spiro atoms. The van der Waals surface area contributed by atoms with Gasteiger partial charge in [-0.25, -0.2) is 0 Å². The second-order valence-corrected chi connectivity index (χ2v) is 9.28. The largest absolute Gasteiger partial charge is 0.325 e. The van der Waals surface area contributed by atoms with Crippen LogP contribution in [0.5, 0.6) is 0 Å². The molecule has 0 radical (unpaired) electrons. The molecule has 36 heavy (non-hydrogen) atoms. The van der Waals surface area contributed by atoms with E-state index < -0.39 is 11.5 Å². The summed E-state index contributed by atoms with van der Waals surface area (Å²) in [5.41, 5.74) is 3.40. The van der Waals surface area contributed by atoms with Crippen molar-refractivity contribution in [3.63, 3.8) is 0 Å². The number of amides is 2. The number of rotatable bonds is 4. The molecule has 4 heterocycles. The number of pyridine rings is 1. The molecule has 1 aliphatic heterocycles. The zero-order chi connectivity index (χ0) is 24.8. The minimum atomic E-state index is -0.429. The van der Waals surface area contributed by atoms with Gasteiger partial charge in [-0.3, -0.25) is 24.3 Å². The minimum absolute atomic E-state index is 0.187. The Labute approximate surface area is 208 Å². The molecule has 6 rings (SSSR count). The number of carbonyl (C=O) groups is 2. The Hall–Kier alpha value is -4.70. The van der Waals surface area contributed by atoms with Crippen molar-refractivity contribution < 1.29 is 9.59 Å². The van der Waals surface area contributed by atoms with Crippen molar-refractivity contribution in [2.24, 2.45) is 0 Å². The van der Waals surface area contributed by atoms with Crippen molar-refractivity contribution >= 4 is 45.1 Å². The highest BCUT2D eigenvalue weighted by atomic mass is 32.1. The summed E-state index contributed by atoms with van der Waals surface area (Å²) < 4.78 is 1.44. The van der Waals surface area contributed by atoms with Gasteiger partial charge in [0.2, 0.25) is 10.9 Å². The normalized spacial score (nSPS) is 14.4. The number of anilines is 2. The lowest BCUT2D eigenvalue weighted by atomic mass is 10.1. The van der Waals surface area contributed by atoms with Gasteiger partial charge in [-0.2, -0.15) is 9.50 Å². The van der Waals surface area contributed by atoms with E-state index in [0.29, 0.717) is 33.3 Å². The molecule has 0 saturated carbocycles. The van der Waals surface area contributed by atoms with Crippen molar-refractivity contribution in [1.82, 2.24) is 19.6 Å². The highest BCUT2D eigenvalue weighted by Crippen LogP contribution is 2.35. The number of thiazole rings is 1. The smallest absolute Gasteiger partial charge is 0.291 e. The number of nitrogens with zero attached hydrogens (tertiary/aromatic N) is 5. The number of benzene rings is 2. The number of hydrogen-bond donors (Lipinski definition) is 1. The van der Waals surface area contributed by atoms with E-state index in [2.05, 4.69) is 20.4 Å². The third kappa shape index (κ3) is 3.64. The summed E-state index contributed by atoms with van der Waals surface area (Å²) in [5, 5.41) is 7.16.